The van der Waals surface area contributed by atoms with Crippen molar-refractivity contribution in [3.8, 4) is 0 Å². The van der Waals surface area contributed by atoms with Crippen LogP contribution in [0, 0.1) is 0 Å². The van der Waals surface area contributed by atoms with E-state index < -0.39 is 0 Å². The molecule has 0 atom stereocenters. The third-order valence-corrected chi connectivity index (χ3v) is 6.63. The van der Waals surface area contributed by atoms with Gasteiger partial charge in [0, 0.05) is 17.1 Å². The van der Waals surface area contributed by atoms with Gasteiger partial charge in [-0.05, 0) is 35.6 Å². The molecule has 104 valence electrons. The average molecular weight is 322 g/mol. The third-order valence-electron chi connectivity index (χ3n) is 2.92. The number of thioether (sulfide) groups is 2. The van der Waals surface area contributed by atoms with Crippen molar-refractivity contribution >= 4 is 45.9 Å². The fourth-order valence-electron chi connectivity index (χ4n) is 1.93. The van der Waals surface area contributed by atoms with Gasteiger partial charge in [0.25, 0.3) is 5.91 Å². The number of hydrogen-bond acceptors (Lipinski definition) is 5. The number of carbonyl (C=O) groups is 1. The number of rotatable bonds is 3. The van der Waals surface area contributed by atoms with Gasteiger partial charge in [0.2, 0.25) is 0 Å². The van der Waals surface area contributed by atoms with Crippen LogP contribution in [0.5, 0.6) is 0 Å². The Hall–Kier alpha value is -0.980. The van der Waals surface area contributed by atoms with Crippen LogP contribution in [0.4, 0.5) is 5.13 Å². The molecule has 1 aliphatic rings. The maximum atomic E-state index is 12.0. The Kier molecular flexibility index (Phi) is 4.65. The van der Waals surface area contributed by atoms with Gasteiger partial charge in [-0.2, -0.15) is 0 Å². The maximum absolute atomic E-state index is 12.0. The topological polar surface area (TPSA) is 42.0 Å². The van der Waals surface area contributed by atoms with Gasteiger partial charge in [0.15, 0.2) is 5.13 Å². The smallest absolute Gasteiger partial charge is 0.257 e. The lowest BCUT2D eigenvalue weighted by atomic mass is 10.1. The number of anilines is 1. The van der Waals surface area contributed by atoms with E-state index >= 15 is 0 Å². The number of hydrogen-bond donors (Lipinski definition) is 1. The quantitative estimate of drug-likeness (QED) is 0.916. The number of carbonyl (C=O) groups excluding carboxylic acids is 1. The van der Waals surface area contributed by atoms with Gasteiger partial charge in [0.1, 0.15) is 0 Å². The van der Waals surface area contributed by atoms with Crippen molar-refractivity contribution in [2.24, 2.45) is 0 Å². The van der Waals surface area contributed by atoms with Gasteiger partial charge in [0.05, 0.1) is 4.58 Å². The lowest BCUT2D eigenvalue weighted by molar-refractivity contribution is 0.102. The van der Waals surface area contributed by atoms with Crippen LogP contribution in [0.3, 0.4) is 0 Å². The first-order chi connectivity index (χ1) is 9.83. The van der Waals surface area contributed by atoms with Crippen LogP contribution >= 0.6 is 34.9 Å². The number of amides is 1. The number of thiazole rings is 1. The summed E-state index contributed by atoms with van der Waals surface area (Å²) in [5.74, 6) is 2.35. The molecule has 0 saturated carbocycles. The van der Waals surface area contributed by atoms with Crippen molar-refractivity contribution in [3.63, 3.8) is 0 Å². The van der Waals surface area contributed by atoms with Crippen molar-refractivity contribution < 1.29 is 4.79 Å². The van der Waals surface area contributed by atoms with Gasteiger partial charge >= 0.3 is 0 Å². The van der Waals surface area contributed by atoms with Gasteiger partial charge in [-0.25, -0.2) is 4.98 Å². The monoisotopic (exact) mass is 322 g/mol. The summed E-state index contributed by atoms with van der Waals surface area (Å²) in [5.41, 5.74) is 1.97. The van der Waals surface area contributed by atoms with Gasteiger partial charge in [-0.1, -0.05) is 12.1 Å². The number of aromatic nitrogens is 1. The molecule has 0 spiro atoms. The predicted octanol–water partition coefficient (Wildman–Crippen LogP) is 4.26. The minimum atomic E-state index is -0.101. The van der Waals surface area contributed by atoms with E-state index in [1.165, 1.54) is 34.8 Å². The Bertz CT molecular complexity index is 563. The molecule has 2 aromatic rings. The van der Waals surface area contributed by atoms with Crippen LogP contribution in [0.2, 0.25) is 0 Å². The van der Waals surface area contributed by atoms with Crippen molar-refractivity contribution in [2.45, 2.75) is 11.0 Å². The molecule has 3 rings (SSSR count). The summed E-state index contributed by atoms with van der Waals surface area (Å²) in [7, 11) is 0. The molecular formula is C14H14N2OS3. The largest absolute Gasteiger partial charge is 0.298 e. The molecule has 6 heteroatoms. The van der Waals surface area contributed by atoms with Crippen molar-refractivity contribution in [1.82, 2.24) is 4.98 Å². The Balaban J connectivity index is 1.67. The molecule has 0 unspecified atom stereocenters. The molecule has 0 bridgehead atoms. The van der Waals surface area contributed by atoms with E-state index in [2.05, 4.69) is 22.4 Å². The summed E-state index contributed by atoms with van der Waals surface area (Å²) in [6.45, 7) is 0. The van der Waals surface area contributed by atoms with E-state index in [-0.39, 0.29) is 5.91 Å². The van der Waals surface area contributed by atoms with E-state index in [9.17, 15) is 4.79 Å². The second-order valence-electron chi connectivity index (χ2n) is 4.34. The Morgan fingerprint density at radius 3 is 2.60 bits per heavy atom. The summed E-state index contributed by atoms with van der Waals surface area (Å²) in [5, 5.41) is 5.28. The highest BCUT2D eigenvalue weighted by atomic mass is 32.2. The summed E-state index contributed by atoms with van der Waals surface area (Å²) >= 11 is 5.40. The molecular weight excluding hydrogens is 308 g/mol. The fraction of sp³-hybridized carbons (Fsp3) is 0.286. The molecule has 1 fully saturated rings. The van der Waals surface area contributed by atoms with Crippen molar-refractivity contribution in [3.05, 3.63) is 47.0 Å². The zero-order chi connectivity index (χ0) is 13.8. The van der Waals surface area contributed by atoms with Crippen LogP contribution < -0.4 is 5.32 Å². The van der Waals surface area contributed by atoms with E-state index in [1.54, 1.807) is 6.20 Å². The second-order valence-corrected chi connectivity index (χ2v) is 7.96. The van der Waals surface area contributed by atoms with Gasteiger partial charge < -0.3 is 0 Å². The molecule has 1 amide bonds. The highest BCUT2D eigenvalue weighted by Gasteiger charge is 2.17. The lowest BCUT2D eigenvalue weighted by Crippen LogP contribution is -2.11. The molecule has 3 nitrogen and oxygen atoms in total. The van der Waals surface area contributed by atoms with Gasteiger partial charge in [-0.3, -0.25) is 10.1 Å². The van der Waals surface area contributed by atoms with E-state index in [4.69, 9.17) is 0 Å². The average Bonchev–Trinajstić information content (AvgIpc) is 3.01. The molecule has 1 aliphatic heterocycles. The molecule has 0 radical (unpaired) electrons. The first-order valence-electron chi connectivity index (χ1n) is 6.37. The first kappa shape index (κ1) is 14.0. The SMILES string of the molecule is O=C(Nc1nccs1)c1ccc(C2SCCCS2)cc1. The lowest BCUT2D eigenvalue weighted by Gasteiger charge is -2.21. The fourth-order valence-corrected chi connectivity index (χ4v) is 5.34. The summed E-state index contributed by atoms with van der Waals surface area (Å²) in [6.07, 6.45) is 2.97. The second kappa shape index (κ2) is 6.65. The van der Waals surface area contributed by atoms with Crippen LogP contribution in [-0.2, 0) is 0 Å². The molecule has 0 aliphatic carbocycles. The van der Waals surface area contributed by atoms with E-state index in [0.717, 1.165) is 0 Å². The Labute approximate surface area is 130 Å². The number of nitrogens with one attached hydrogen (secondary N) is 1. The van der Waals surface area contributed by atoms with Crippen LogP contribution in [0.15, 0.2) is 35.8 Å². The minimum absolute atomic E-state index is 0.101. The van der Waals surface area contributed by atoms with E-state index in [1.807, 2.05) is 41.0 Å². The zero-order valence-electron chi connectivity index (χ0n) is 10.7. The highest BCUT2D eigenvalue weighted by Crippen LogP contribution is 2.43. The molecule has 1 saturated heterocycles. The van der Waals surface area contributed by atoms with Crippen LogP contribution in [0.1, 0.15) is 26.9 Å². The highest BCUT2D eigenvalue weighted by molar-refractivity contribution is 8.16. The number of nitrogens with zero attached hydrogens (tertiary/aromatic N) is 1. The summed E-state index contributed by atoms with van der Waals surface area (Å²) < 4.78 is 0.514. The maximum Gasteiger partial charge on any atom is 0.257 e. The van der Waals surface area contributed by atoms with Gasteiger partial charge in [-0.15, -0.1) is 34.9 Å². The van der Waals surface area contributed by atoms with Crippen molar-refractivity contribution in [1.29, 1.82) is 0 Å². The normalized spacial score (nSPS) is 16.0. The summed E-state index contributed by atoms with van der Waals surface area (Å²) in [4.78, 5) is 16.1. The Morgan fingerprint density at radius 2 is 1.95 bits per heavy atom. The molecule has 2 heterocycles. The third kappa shape index (κ3) is 3.37. The predicted molar refractivity (Wildman–Crippen MR) is 88.8 cm³/mol. The number of benzene rings is 1. The molecule has 1 aromatic heterocycles. The van der Waals surface area contributed by atoms with Crippen LogP contribution in [-0.4, -0.2) is 22.4 Å². The molecule has 1 N–H and O–H groups in total. The van der Waals surface area contributed by atoms with Crippen molar-refractivity contribution in [2.75, 3.05) is 16.8 Å². The minimum Gasteiger partial charge on any atom is -0.298 e. The summed E-state index contributed by atoms with van der Waals surface area (Å²) in [6, 6.07) is 7.92. The molecule has 1 aromatic carbocycles. The van der Waals surface area contributed by atoms with Crippen LogP contribution in [0.25, 0.3) is 0 Å². The Morgan fingerprint density at radius 1 is 1.20 bits per heavy atom. The first-order valence-corrected chi connectivity index (χ1v) is 9.35. The zero-order valence-corrected chi connectivity index (χ0v) is 13.2. The van der Waals surface area contributed by atoms with E-state index in [0.29, 0.717) is 15.3 Å². The molecule has 20 heavy (non-hydrogen) atoms. The standard InChI is InChI=1S/C14H14N2OS3/c17-12(16-14-15-6-9-20-14)10-2-4-11(5-3-10)13-18-7-1-8-19-13/h2-6,9,13H,1,7-8H2,(H,15,16,17).